The average Bonchev–Trinajstić information content (AvgIpc) is 3.05. The van der Waals surface area contributed by atoms with Crippen LogP contribution in [-0.4, -0.2) is 39.0 Å². The summed E-state index contributed by atoms with van der Waals surface area (Å²) in [6, 6.07) is 11.3. The highest BCUT2D eigenvalue weighted by Gasteiger charge is 2.14. The number of aryl methyl sites for hydroxylation is 1. The predicted molar refractivity (Wildman–Crippen MR) is 107 cm³/mol. The van der Waals surface area contributed by atoms with Crippen molar-refractivity contribution in [3.05, 3.63) is 53.4 Å². The van der Waals surface area contributed by atoms with Gasteiger partial charge in [0.25, 0.3) is 5.95 Å². The lowest BCUT2D eigenvalue weighted by Crippen LogP contribution is -2.07. The molecule has 0 aliphatic heterocycles. The molecule has 4 rings (SSSR count). The minimum Gasteiger partial charge on any atom is -0.493 e. The lowest BCUT2D eigenvalue weighted by atomic mass is 10.2. The zero-order valence-electron chi connectivity index (χ0n) is 15.5. The largest absolute Gasteiger partial charge is 0.493 e. The van der Waals surface area contributed by atoms with E-state index in [1.54, 1.807) is 18.9 Å². The van der Waals surface area contributed by atoms with Gasteiger partial charge in [0.1, 0.15) is 6.33 Å². The molecule has 4 aromatic rings. The number of fused-ring (bicyclic) bond motifs is 1. The van der Waals surface area contributed by atoms with E-state index in [0.29, 0.717) is 28.5 Å². The van der Waals surface area contributed by atoms with E-state index < -0.39 is 0 Å². The highest BCUT2D eigenvalue weighted by molar-refractivity contribution is 6.34. The van der Waals surface area contributed by atoms with Crippen LogP contribution in [0.3, 0.4) is 0 Å². The molecule has 0 atom stereocenters. The molecule has 8 nitrogen and oxygen atoms in total. The monoisotopic (exact) mass is 396 g/mol. The van der Waals surface area contributed by atoms with E-state index >= 15 is 0 Å². The number of halogens is 1. The maximum atomic E-state index is 6.23. The fraction of sp³-hybridized carbons (Fsp3) is 0.158. The Morgan fingerprint density at radius 1 is 1.07 bits per heavy atom. The quantitative estimate of drug-likeness (QED) is 0.546. The molecule has 0 saturated carbocycles. The number of para-hydroxylation sites is 1. The first kappa shape index (κ1) is 18.0. The number of benzene rings is 2. The Morgan fingerprint density at radius 2 is 1.89 bits per heavy atom. The number of ether oxygens (including phenoxy) is 2. The SMILES string of the molecule is COc1cc(Nc2ncnc(-n3nc(Cl)c4ccccc43)n2)cc(C)c1OC. The van der Waals surface area contributed by atoms with Crippen molar-refractivity contribution in [2.75, 3.05) is 19.5 Å². The predicted octanol–water partition coefficient (Wildman–Crippen LogP) is 3.93. The molecule has 142 valence electrons. The smallest absolute Gasteiger partial charge is 0.255 e. The first-order valence-corrected chi connectivity index (χ1v) is 8.81. The van der Waals surface area contributed by atoms with Gasteiger partial charge in [0, 0.05) is 17.1 Å². The van der Waals surface area contributed by atoms with Crippen molar-refractivity contribution in [1.82, 2.24) is 24.7 Å². The van der Waals surface area contributed by atoms with Crippen molar-refractivity contribution in [1.29, 1.82) is 0 Å². The molecule has 0 saturated heterocycles. The minimum absolute atomic E-state index is 0.359. The Kier molecular flexibility index (Phi) is 4.70. The van der Waals surface area contributed by atoms with Crippen LogP contribution in [0.1, 0.15) is 5.56 Å². The molecular weight excluding hydrogens is 380 g/mol. The number of rotatable bonds is 5. The van der Waals surface area contributed by atoms with Crippen LogP contribution in [0.25, 0.3) is 16.9 Å². The van der Waals surface area contributed by atoms with Crippen LogP contribution in [0.2, 0.25) is 5.15 Å². The molecule has 0 radical (unpaired) electrons. The van der Waals surface area contributed by atoms with Gasteiger partial charge < -0.3 is 14.8 Å². The van der Waals surface area contributed by atoms with E-state index in [0.717, 1.165) is 22.2 Å². The van der Waals surface area contributed by atoms with E-state index in [9.17, 15) is 0 Å². The van der Waals surface area contributed by atoms with Crippen molar-refractivity contribution in [3.63, 3.8) is 0 Å². The molecular formula is C19H17ClN6O2. The maximum absolute atomic E-state index is 6.23. The minimum atomic E-state index is 0.359. The molecule has 2 aromatic heterocycles. The van der Waals surface area contributed by atoms with Gasteiger partial charge in [-0.25, -0.2) is 4.98 Å². The summed E-state index contributed by atoms with van der Waals surface area (Å²) in [4.78, 5) is 12.9. The van der Waals surface area contributed by atoms with Gasteiger partial charge in [0.2, 0.25) is 5.95 Å². The van der Waals surface area contributed by atoms with Crippen LogP contribution in [0.15, 0.2) is 42.7 Å². The molecule has 2 heterocycles. The molecule has 0 unspecified atom stereocenters. The second kappa shape index (κ2) is 7.32. The summed E-state index contributed by atoms with van der Waals surface area (Å²) < 4.78 is 12.4. The second-order valence-electron chi connectivity index (χ2n) is 5.98. The summed E-state index contributed by atoms with van der Waals surface area (Å²) in [7, 11) is 3.20. The summed E-state index contributed by atoms with van der Waals surface area (Å²) in [5.74, 6) is 2.02. The van der Waals surface area contributed by atoms with E-state index in [2.05, 4.69) is 25.4 Å². The Bertz CT molecular complexity index is 1160. The lowest BCUT2D eigenvalue weighted by molar-refractivity contribution is 0.353. The molecule has 9 heteroatoms. The molecule has 0 aliphatic carbocycles. The highest BCUT2D eigenvalue weighted by atomic mass is 35.5. The molecule has 0 amide bonds. The first-order chi connectivity index (χ1) is 13.6. The fourth-order valence-electron chi connectivity index (χ4n) is 2.99. The van der Waals surface area contributed by atoms with Crippen molar-refractivity contribution >= 4 is 34.1 Å². The van der Waals surface area contributed by atoms with Crippen LogP contribution in [0, 0.1) is 6.92 Å². The first-order valence-electron chi connectivity index (χ1n) is 8.43. The summed E-state index contributed by atoms with van der Waals surface area (Å²) in [5.41, 5.74) is 2.49. The van der Waals surface area contributed by atoms with Crippen molar-refractivity contribution in [3.8, 4) is 17.4 Å². The molecule has 0 fully saturated rings. The van der Waals surface area contributed by atoms with Crippen LogP contribution >= 0.6 is 11.6 Å². The Balaban J connectivity index is 1.71. The number of methoxy groups -OCH3 is 2. The summed E-state index contributed by atoms with van der Waals surface area (Å²) in [6.07, 6.45) is 1.42. The van der Waals surface area contributed by atoms with Gasteiger partial charge in [-0.3, -0.25) is 0 Å². The van der Waals surface area contributed by atoms with Gasteiger partial charge in [-0.1, -0.05) is 23.7 Å². The Morgan fingerprint density at radius 3 is 2.68 bits per heavy atom. The Hall–Kier alpha value is -3.39. The number of aromatic nitrogens is 5. The molecule has 1 N–H and O–H groups in total. The van der Waals surface area contributed by atoms with Gasteiger partial charge in [-0.15, -0.1) is 0 Å². The van der Waals surface area contributed by atoms with Crippen LogP contribution in [0.4, 0.5) is 11.6 Å². The van der Waals surface area contributed by atoms with E-state index in [1.165, 1.54) is 6.33 Å². The molecule has 0 bridgehead atoms. The third-order valence-electron chi connectivity index (χ3n) is 4.21. The third kappa shape index (κ3) is 3.18. The summed E-state index contributed by atoms with van der Waals surface area (Å²) in [5, 5.41) is 8.72. The number of nitrogens with zero attached hydrogens (tertiary/aromatic N) is 5. The summed E-state index contributed by atoms with van der Waals surface area (Å²) >= 11 is 6.23. The molecule has 28 heavy (non-hydrogen) atoms. The molecule has 0 spiro atoms. The standard InChI is InChI=1S/C19H17ClN6O2/c1-11-8-12(9-15(27-2)16(11)28-3)23-18-21-10-22-19(24-18)26-14-7-5-4-6-13(14)17(20)25-26/h4-10H,1-3H3,(H,21,22,23,24). The average molecular weight is 397 g/mol. The van der Waals surface area contributed by atoms with Gasteiger partial charge in [-0.2, -0.15) is 19.7 Å². The number of hydrogen-bond acceptors (Lipinski definition) is 7. The van der Waals surface area contributed by atoms with E-state index in [4.69, 9.17) is 21.1 Å². The highest BCUT2D eigenvalue weighted by Crippen LogP contribution is 2.34. The van der Waals surface area contributed by atoms with Crippen molar-refractivity contribution in [2.24, 2.45) is 0 Å². The second-order valence-corrected chi connectivity index (χ2v) is 6.34. The molecule has 0 aliphatic rings. The number of nitrogens with one attached hydrogen (secondary N) is 1. The topological polar surface area (TPSA) is 87.0 Å². The van der Waals surface area contributed by atoms with Crippen LogP contribution < -0.4 is 14.8 Å². The van der Waals surface area contributed by atoms with Crippen molar-refractivity contribution in [2.45, 2.75) is 6.92 Å². The lowest BCUT2D eigenvalue weighted by Gasteiger charge is -2.13. The number of anilines is 2. The Labute approximate surface area is 166 Å². The zero-order chi connectivity index (χ0) is 19.7. The van der Waals surface area contributed by atoms with Gasteiger partial charge >= 0.3 is 0 Å². The fourth-order valence-corrected chi connectivity index (χ4v) is 3.22. The maximum Gasteiger partial charge on any atom is 0.255 e. The van der Waals surface area contributed by atoms with Gasteiger partial charge in [-0.05, 0) is 30.7 Å². The normalized spacial score (nSPS) is 10.9. The van der Waals surface area contributed by atoms with Gasteiger partial charge in [0.05, 0.1) is 19.7 Å². The summed E-state index contributed by atoms with van der Waals surface area (Å²) in [6.45, 7) is 1.93. The number of hydrogen-bond donors (Lipinski definition) is 1. The van der Waals surface area contributed by atoms with Crippen LogP contribution in [-0.2, 0) is 0 Å². The van der Waals surface area contributed by atoms with E-state index in [-0.39, 0.29) is 0 Å². The third-order valence-corrected chi connectivity index (χ3v) is 4.49. The van der Waals surface area contributed by atoms with Crippen molar-refractivity contribution < 1.29 is 9.47 Å². The van der Waals surface area contributed by atoms with Gasteiger partial charge in [0.15, 0.2) is 16.7 Å². The van der Waals surface area contributed by atoms with E-state index in [1.807, 2.05) is 43.3 Å². The van der Waals surface area contributed by atoms with Crippen LogP contribution in [0.5, 0.6) is 11.5 Å². The molecule has 2 aromatic carbocycles. The zero-order valence-corrected chi connectivity index (χ0v) is 16.2.